The molecular weight excluding hydrogens is 356 g/mol. The van der Waals surface area contributed by atoms with Crippen LogP contribution in [-0.2, 0) is 11.2 Å². The van der Waals surface area contributed by atoms with Crippen LogP contribution in [0.25, 0.3) is 11.6 Å². The van der Waals surface area contributed by atoms with Crippen molar-refractivity contribution in [1.29, 1.82) is 0 Å². The molecule has 0 atom stereocenters. The number of benzene rings is 1. The van der Waals surface area contributed by atoms with Crippen molar-refractivity contribution < 1.29 is 14.1 Å². The number of pyridine rings is 1. The highest BCUT2D eigenvalue weighted by Crippen LogP contribution is 2.28. The highest BCUT2D eigenvalue weighted by atomic mass is 16.5. The maximum atomic E-state index is 12.7. The summed E-state index contributed by atoms with van der Waals surface area (Å²) < 4.78 is 10.7. The van der Waals surface area contributed by atoms with Crippen LogP contribution in [0.4, 0.5) is 0 Å². The second kappa shape index (κ2) is 8.21. The van der Waals surface area contributed by atoms with E-state index in [1.54, 1.807) is 13.3 Å². The molecule has 144 valence electrons. The fourth-order valence-corrected chi connectivity index (χ4v) is 3.50. The van der Waals surface area contributed by atoms with Crippen molar-refractivity contribution >= 4 is 5.91 Å². The van der Waals surface area contributed by atoms with Gasteiger partial charge in [-0.15, -0.1) is 0 Å². The summed E-state index contributed by atoms with van der Waals surface area (Å²) in [6, 6.07) is 13.2. The Kier molecular flexibility index (Phi) is 5.32. The fraction of sp³-hybridized carbons (Fsp3) is 0.333. The average Bonchev–Trinajstić information content (AvgIpc) is 3.25. The predicted molar refractivity (Wildman–Crippen MR) is 103 cm³/mol. The summed E-state index contributed by atoms with van der Waals surface area (Å²) in [6.45, 7) is 1.37. The van der Waals surface area contributed by atoms with Crippen LogP contribution in [0, 0.1) is 0 Å². The number of carbonyl (C=O) groups excluding carboxylic acids is 1. The number of aromatic nitrogens is 3. The number of para-hydroxylation sites is 1. The molecule has 0 radical (unpaired) electrons. The van der Waals surface area contributed by atoms with E-state index in [2.05, 4.69) is 15.1 Å². The van der Waals surface area contributed by atoms with Crippen LogP contribution in [0.5, 0.6) is 5.75 Å². The quantitative estimate of drug-likeness (QED) is 0.679. The van der Waals surface area contributed by atoms with E-state index in [0.29, 0.717) is 36.9 Å². The first-order valence-corrected chi connectivity index (χ1v) is 9.39. The topological polar surface area (TPSA) is 81.4 Å². The maximum Gasteiger partial charge on any atom is 0.276 e. The molecule has 1 amide bonds. The molecule has 7 nitrogen and oxygen atoms in total. The number of hydrogen-bond acceptors (Lipinski definition) is 6. The van der Waals surface area contributed by atoms with Crippen molar-refractivity contribution in [2.75, 3.05) is 20.2 Å². The van der Waals surface area contributed by atoms with E-state index in [-0.39, 0.29) is 11.8 Å². The van der Waals surface area contributed by atoms with E-state index in [4.69, 9.17) is 9.26 Å². The molecule has 0 unspecified atom stereocenters. The Bertz CT molecular complexity index is 934. The van der Waals surface area contributed by atoms with Gasteiger partial charge < -0.3 is 14.2 Å². The molecule has 0 N–H and O–H groups in total. The van der Waals surface area contributed by atoms with Crippen molar-refractivity contribution in [2.24, 2.45) is 0 Å². The largest absolute Gasteiger partial charge is 0.496 e. The summed E-state index contributed by atoms with van der Waals surface area (Å²) in [5.41, 5.74) is 1.58. The van der Waals surface area contributed by atoms with Crippen molar-refractivity contribution in [3.05, 3.63) is 60.0 Å². The number of methoxy groups -OCH3 is 1. The lowest BCUT2D eigenvalue weighted by Crippen LogP contribution is -2.39. The van der Waals surface area contributed by atoms with Gasteiger partial charge in [-0.25, -0.2) is 0 Å². The third kappa shape index (κ3) is 3.88. The molecule has 1 saturated heterocycles. The zero-order valence-electron chi connectivity index (χ0n) is 15.7. The second-order valence-electron chi connectivity index (χ2n) is 6.82. The molecule has 1 fully saturated rings. The van der Waals surface area contributed by atoms with Gasteiger partial charge in [0.2, 0.25) is 5.91 Å². The number of rotatable bonds is 5. The Hall–Kier alpha value is -3.22. The molecule has 3 heterocycles. The van der Waals surface area contributed by atoms with Crippen molar-refractivity contribution in [2.45, 2.75) is 25.2 Å². The average molecular weight is 378 g/mol. The van der Waals surface area contributed by atoms with Gasteiger partial charge >= 0.3 is 0 Å². The molecule has 28 heavy (non-hydrogen) atoms. The monoisotopic (exact) mass is 378 g/mol. The van der Waals surface area contributed by atoms with Gasteiger partial charge in [0.1, 0.15) is 11.4 Å². The van der Waals surface area contributed by atoms with Gasteiger partial charge in [-0.1, -0.05) is 29.4 Å². The SMILES string of the molecule is COc1ccccc1CC(=O)N1CCC(c2noc(-c3ccccn3)n2)CC1. The highest BCUT2D eigenvalue weighted by molar-refractivity contribution is 5.79. The molecule has 2 aromatic heterocycles. The van der Waals surface area contributed by atoms with E-state index in [0.717, 1.165) is 24.2 Å². The number of carbonyl (C=O) groups is 1. The molecule has 1 aliphatic heterocycles. The fourth-order valence-electron chi connectivity index (χ4n) is 3.50. The van der Waals surface area contributed by atoms with Gasteiger partial charge in [0.05, 0.1) is 13.5 Å². The third-order valence-electron chi connectivity index (χ3n) is 5.07. The molecule has 7 heteroatoms. The summed E-state index contributed by atoms with van der Waals surface area (Å²) in [5, 5.41) is 4.13. The smallest absolute Gasteiger partial charge is 0.276 e. The van der Waals surface area contributed by atoms with E-state index in [1.807, 2.05) is 47.4 Å². The molecule has 1 aromatic carbocycles. The zero-order valence-corrected chi connectivity index (χ0v) is 15.7. The van der Waals surface area contributed by atoms with Gasteiger partial charge in [0.15, 0.2) is 5.82 Å². The Morgan fingerprint density at radius 3 is 2.71 bits per heavy atom. The van der Waals surface area contributed by atoms with Gasteiger partial charge in [0, 0.05) is 30.8 Å². The van der Waals surface area contributed by atoms with E-state index in [9.17, 15) is 4.79 Å². The molecule has 1 aliphatic rings. The first-order chi connectivity index (χ1) is 13.7. The van der Waals surface area contributed by atoms with E-state index < -0.39 is 0 Å². The highest BCUT2D eigenvalue weighted by Gasteiger charge is 2.27. The molecule has 0 saturated carbocycles. The summed E-state index contributed by atoms with van der Waals surface area (Å²) in [7, 11) is 1.62. The molecule has 0 aliphatic carbocycles. The first kappa shape index (κ1) is 18.2. The molecule has 3 aromatic rings. The summed E-state index contributed by atoms with van der Waals surface area (Å²) >= 11 is 0. The molecule has 0 bridgehead atoms. The number of hydrogen-bond donors (Lipinski definition) is 0. The Balaban J connectivity index is 1.36. The number of likely N-dealkylation sites (tertiary alicyclic amines) is 1. The lowest BCUT2D eigenvalue weighted by Gasteiger charge is -2.30. The first-order valence-electron chi connectivity index (χ1n) is 9.39. The van der Waals surface area contributed by atoms with Crippen LogP contribution >= 0.6 is 0 Å². The summed E-state index contributed by atoms with van der Waals surface area (Å²) in [4.78, 5) is 23.3. The summed E-state index contributed by atoms with van der Waals surface area (Å²) in [5.74, 6) is 2.18. The number of nitrogens with zero attached hydrogens (tertiary/aromatic N) is 4. The Morgan fingerprint density at radius 2 is 1.96 bits per heavy atom. The third-order valence-corrected chi connectivity index (χ3v) is 5.07. The molecule has 4 rings (SSSR count). The lowest BCUT2D eigenvalue weighted by atomic mass is 9.95. The minimum absolute atomic E-state index is 0.116. The van der Waals surface area contributed by atoms with Crippen LogP contribution in [0.15, 0.2) is 53.2 Å². The van der Waals surface area contributed by atoms with E-state index >= 15 is 0 Å². The minimum Gasteiger partial charge on any atom is -0.496 e. The van der Waals surface area contributed by atoms with Crippen LogP contribution in [0.2, 0.25) is 0 Å². The zero-order chi connectivity index (χ0) is 19.3. The van der Waals surface area contributed by atoms with Crippen LogP contribution in [0.3, 0.4) is 0 Å². The molecule has 0 spiro atoms. The van der Waals surface area contributed by atoms with Crippen LogP contribution in [0.1, 0.15) is 30.1 Å². The number of ether oxygens (including phenoxy) is 1. The van der Waals surface area contributed by atoms with Gasteiger partial charge in [0.25, 0.3) is 5.89 Å². The van der Waals surface area contributed by atoms with E-state index in [1.165, 1.54) is 0 Å². The normalized spacial score (nSPS) is 14.8. The lowest BCUT2D eigenvalue weighted by molar-refractivity contribution is -0.131. The second-order valence-corrected chi connectivity index (χ2v) is 6.82. The minimum atomic E-state index is 0.116. The van der Waals surface area contributed by atoms with Crippen molar-refractivity contribution in [3.63, 3.8) is 0 Å². The van der Waals surface area contributed by atoms with Gasteiger partial charge in [-0.3, -0.25) is 9.78 Å². The maximum absolute atomic E-state index is 12.7. The standard InChI is InChI=1S/C21H22N4O3/c1-27-18-8-3-2-6-16(18)14-19(26)25-12-9-15(10-13-25)20-23-21(28-24-20)17-7-4-5-11-22-17/h2-8,11,15H,9-10,12-14H2,1H3. The van der Waals surface area contributed by atoms with Crippen molar-refractivity contribution in [1.82, 2.24) is 20.0 Å². The Labute approximate surface area is 163 Å². The Morgan fingerprint density at radius 1 is 1.18 bits per heavy atom. The number of amides is 1. The van der Waals surface area contributed by atoms with Gasteiger partial charge in [-0.05, 0) is 31.0 Å². The van der Waals surface area contributed by atoms with Crippen LogP contribution in [-0.4, -0.2) is 46.1 Å². The molecular formula is C21H22N4O3. The van der Waals surface area contributed by atoms with Crippen molar-refractivity contribution in [3.8, 4) is 17.3 Å². The van der Waals surface area contributed by atoms with Crippen LogP contribution < -0.4 is 4.74 Å². The summed E-state index contributed by atoms with van der Waals surface area (Å²) in [6.07, 6.45) is 3.68. The number of piperidine rings is 1. The van der Waals surface area contributed by atoms with Gasteiger partial charge in [-0.2, -0.15) is 4.98 Å². The predicted octanol–water partition coefficient (Wildman–Crippen LogP) is 3.09.